The number of nitrogens with two attached hydrogens (primary N) is 1. The van der Waals surface area contributed by atoms with Crippen molar-refractivity contribution in [2.75, 3.05) is 12.3 Å². The monoisotopic (exact) mass is 363 g/mol. The molecule has 140 valence electrons. The molecule has 0 amide bonds. The van der Waals surface area contributed by atoms with Crippen molar-refractivity contribution in [1.29, 1.82) is 0 Å². The Kier molecular flexibility index (Phi) is 7.00. The molecule has 27 heavy (non-hydrogen) atoms. The molecule has 0 radical (unpaired) electrons. The zero-order valence-electron chi connectivity index (χ0n) is 15.6. The molecule has 0 saturated carbocycles. The summed E-state index contributed by atoms with van der Waals surface area (Å²) in [6.45, 7) is 9.84. The fourth-order valence-electron chi connectivity index (χ4n) is 2.79. The third-order valence-electron chi connectivity index (χ3n) is 4.06. The van der Waals surface area contributed by atoms with Crippen LogP contribution in [-0.4, -0.2) is 17.5 Å². The van der Waals surface area contributed by atoms with Crippen LogP contribution in [-0.2, 0) is 12.8 Å². The van der Waals surface area contributed by atoms with Crippen LogP contribution in [0.3, 0.4) is 0 Å². The zero-order valence-corrected chi connectivity index (χ0v) is 15.6. The van der Waals surface area contributed by atoms with E-state index < -0.39 is 0 Å². The quantitative estimate of drug-likeness (QED) is 0.292. The first-order chi connectivity index (χ1) is 13.0. The molecular formula is C23H25NO3. The van der Waals surface area contributed by atoms with E-state index in [4.69, 9.17) is 10.5 Å². The van der Waals surface area contributed by atoms with Gasteiger partial charge in [-0.15, -0.1) is 13.2 Å². The SMILES string of the molecule is C=CCc1cc(CC=C)c(OCC)c(/C=C/C(=O)c2ccc(N)cc2)c1O. The lowest BCUT2D eigenvalue weighted by atomic mass is 9.97. The lowest BCUT2D eigenvalue weighted by molar-refractivity contribution is 0.104. The van der Waals surface area contributed by atoms with E-state index in [1.54, 1.807) is 42.5 Å². The summed E-state index contributed by atoms with van der Waals surface area (Å²) < 4.78 is 5.78. The fourth-order valence-corrected chi connectivity index (χ4v) is 2.79. The van der Waals surface area contributed by atoms with Crippen LogP contribution in [0, 0.1) is 0 Å². The maximum absolute atomic E-state index is 12.4. The van der Waals surface area contributed by atoms with Gasteiger partial charge in [-0.3, -0.25) is 4.79 Å². The summed E-state index contributed by atoms with van der Waals surface area (Å²) in [7, 11) is 0. The third kappa shape index (κ3) is 4.88. The van der Waals surface area contributed by atoms with Crippen molar-refractivity contribution in [1.82, 2.24) is 0 Å². The van der Waals surface area contributed by atoms with Gasteiger partial charge in [0.2, 0.25) is 0 Å². The lowest BCUT2D eigenvalue weighted by Crippen LogP contribution is -2.02. The molecule has 2 aromatic rings. The van der Waals surface area contributed by atoms with Crippen molar-refractivity contribution in [3.63, 3.8) is 0 Å². The molecule has 2 rings (SSSR count). The fraction of sp³-hybridized carbons (Fsp3) is 0.174. The Bertz CT molecular complexity index is 864. The maximum Gasteiger partial charge on any atom is 0.185 e. The van der Waals surface area contributed by atoms with Crippen LogP contribution in [0.15, 0.2) is 61.7 Å². The second kappa shape index (κ2) is 9.43. The van der Waals surface area contributed by atoms with Crippen LogP contribution in [0.1, 0.15) is 34.0 Å². The number of carbonyl (C=O) groups is 1. The number of benzene rings is 2. The van der Waals surface area contributed by atoms with Crippen molar-refractivity contribution < 1.29 is 14.6 Å². The Balaban J connectivity index is 2.51. The summed E-state index contributed by atoms with van der Waals surface area (Å²) >= 11 is 0. The topological polar surface area (TPSA) is 72.5 Å². The number of hydrogen-bond acceptors (Lipinski definition) is 4. The van der Waals surface area contributed by atoms with Crippen molar-refractivity contribution in [2.45, 2.75) is 19.8 Å². The average molecular weight is 363 g/mol. The Labute approximate surface area is 160 Å². The van der Waals surface area contributed by atoms with Gasteiger partial charge in [0.1, 0.15) is 11.5 Å². The highest BCUT2D eigenvalue weighted by Crippen LogP contribution is 2.37. The number of phenolic OH excluding ortho intramolecular Hbond substituents is 1. The molecule has 2 aromatic carbocycles. The predicted octanol–water partition coefficient (Wildman–Crippen LogP) is 4.73. The van der Waals surface area contributed by atoms with Gasteiger partial charge in [0.15, 0.2) is 5.78 Å². The molecule has 0 aliphatic rings. The number of rotatable bonds is 9. The number of anilines is 1. The number of aromatic hydroxyl groups is 1. The first kappa shape index (κ1) is 20.0. The van der Waals surface area contributed by atoms with Gasteiger partial charge in [-0.05, 0) is 73.4 Å². The standard InChI is InChI=1S/C23H25NO3/c1-4-7-17-15-18(8-5-2)23(27-6-3)20(22(17)26)13-14-21(25)16-9-11-19(24)12-10-16/h4-5,9-15,26H,1-2,6-8,24H2,3H3/b14-13+. The minimum atomic E-state index is -0.184. The van der Waals surface area contributed by atoms with Crippen LogP contribution < -0.4 is 10.5 Å². The van der Waals surface area contributed by atoms with Gasteiger partial charge in [-0.2, -0.15) is 0 Å². The molecule has 4 heteroatoms. The first-order valence-corrected chi connectivity index (χ1v) is 8.82. The average Bonchev–Trinajstić information content (AvgIpc) is 2.65. The molecule has 0 atom stereocenters. The highest BCUT2D eigenvalue weighted by atomic mass is 16.5. The number of phenols is 1. The minimum absolute atomic E-state index is 0.0903. The van der Waals surface area contributed by atoms with Crippen molar-refractivity contribution in [3.05, 3.63) is 84.0 Å². The molecule has 0 aromatic heterocycles. The van der Waals surface area contributed by atoms with E-state index >= 15 is 0 Å². The Morgan fingerprint density at radius 1 is 1.15 bits per heavy atom. The Morgan fingerprint density at radius 3 is 2.37 bits per heavy atom. The number of ether oxygens (including phenoxy) is 1. The highest BCUT2D eigenvalue weighted by Gasteiger charge is 2.16. The molecule has 0 bridgehead atoms. The minimum Gasteiger partial charge on any atom is -0.507 e. The van der Waals surface area contributed by atoms with Gasteiger partial charge >= 0.3 is 0 Å². The largest absolute Gasteiger partial charge is 0.507 e. The molecule has 0 unspecified atom stereocenters. The summed E-state index contributed by atoms with van der Waals surface area (Å²) in [4.78, 5) is 12.4. The number of hydrogen-bond donors (Lipinski definition) is 2. The van der Waals surface area contributed by atoms with E-state index in [1.807, 2.05) is 13.0 Å². The van der Waals surface area contributed by atoms with Gasteiger partial charge in [-0.25, -0.2) is 0 Å². The molecule has 4 nitrogen and oxygen atoms in total. The van der Waals surface area contributed by atoms with Crippen molar-refractivity contribution >= 4 is 17.5 Å². The smallest absolute Gasteiger partial charge is 0.185 e. The zero-order chi connectivity index (χ0) is 19.8. The summed E-state index contributed by atoms with van der Waals surface area (Å²) in [5.41, 5.74) is 8.89. The molecular weight excluding hydrogens is 338 g/mol. The number of carbonyl (C=O) groups excluding carboxylic acids is 1. The molecule has 0 heterocycles. The second-order valence-electron chi connectivity index (χ2n) is 6.02. The maximum atomic E-state index is 12.4. The lowest BCUT2D eigenvalue weighted by Gasteiger charge is -2.17. The Morgan fingerprint density at radius 2 is 1.78 bits per heavy atom. The van der Waals surface area contributed by atoms with Crippen LogP contribution in [0.4, 0.5) is 5.69 Å². The predicted molar refractivity (Wildman–Crippen MR) is 111 cm³/mol. The van der Waals surface area contributed by atoms with E-state index in [1.165, 1.54) is 6.08 Å². The van der Waals surface area contributed by atoms with Gasteiger partial charge < -0.3 is 15.6 Å². The normalized spacial score (nSPS) is 10.7. The molecule has 0 saturated heterocycles. The number of nitrogen functional groups attached to an aromatic ring is 1. The van der Waals surface area contributed by atoms with E-state index in [-0.39, 0.29) is 11.5 Å². The summed E-state index contributed by atoms with van der Waals surface area (Å²) in [6, 6.07) is 8.59. The highest BCUT2D eigenvalue weighted by molar-refractivity contribution is 6.07. The van der Waals surface area contributed by atoms with E-state index in [2.05, 4.69) is 13.2 Å². The van der Waals surface area contributed by atoms with E-state index in [0.29, 0.717) is 42.0 Å². The Hall–Kier alpha value is -3.27. The number of allylic oxidation sites excluding steroid dienone is 3. The van der Waals surface area contributed by atoms with Gasteiger partial charge in [0.25, 0.3) is 0 Å². The number of ketones is 1. The van der Waals surface area contributed by atoms with E-state index in [9.17, 15) is 9.90 Å². The first-order valence-electron chi connectivity index (χ1n) is 8.82. The molecule has 0 aliphatic heterocycles. The summed E-state index contributed by atoms with van der Waals surface area (Å²) in [5.74, 6) is 0.466. The molecule has 3 N–H and O–H groups in total. The van der Waals surface area contributed by atoms with Crippen molar-refractivity contribution in [2.24, 2.45) is 0 Å². The molecule has 0 aliphatic carbocycles. The summed E-state index contributed by atoms with van der Waals surface area (Å²) in [6.07, 6.45) is 7.62. The van der Waals surface area contributed by atoms with Crippen LogP contribution in [0.5, 0.6) is 11.5 Å². The molecule has 0 fully saturated rings. The second-order valence-corrected chi connectivity index (χ2v) is 6.02. The van der Waals surface area contributed by atoms with E-state index in [0.717, 1.165) is 11.1 Å². The molecule has 0 spiro atoms. The van der Waals surface area contributed by atoms with Gasteiger partial charge in [0, 0.05) is 11.3 Å². The van der Waals surface area contributed by atoms with Gasteiger partial charge in [0.05, 0.1) is 12.2 Å². The third-order valence-corrected chi connectivity index (χ3v) is 4.06. The van der Waals surface area contributed by atoms with Crippen molar-refractivity contribution in [3.8, 4) is 11.5 Å². The van der Waals surface area contributed by atoms with Gasteiger partial charge in [-0.1, -0.05) is 12.2 Å². The van der Waals surface area contributed by atoms with Crippen LogP contribution >= 0.6 is 0 Å². The van der Waals surface area contributed by atoms with Crippen LogP contribution in [0.2, 0.25) is 0 Å². The van der Waals surface area contributed by atoms with Crippen LogP contribution in [0.25, 0.3) is 6.08 Å². The summed E-state index contributed by atoms with van der Waals surface area (Å²) in [5, 5.41) is 10.7.